The highest BCUT2D eigenvalue weighted by atomic mass is 35.5. The first-order valence-electron chi connectivity index (χ1n) is 10.5. The van der Waals surface area contributed by atoms with Gasteiger partial charge in [0.05, 0.1) is 11.6 Å². The fourth-order valence-electron chi connectivity index (χ4n) is 4.67. The first-order valence-corrected chi connectivity index (χ1v) is 10.9. The molecule has 1 aliphatic heterocycles. The van der Waals surface area contributed by atoms with Crippen molar-refractivity contribution in [2.24, 2.45) is 5.73 Å². The lowest BCUT2D eigenvalue weighted by atomic mass is 9.80. The number of benzene rings is 3. The van der Waals surface area contributed by atoms with Gasteiger partial charge >= 0.3 is 0 Å². The van der Waals surface area contributed by atoms with Crippen molar-refractivity contribution in [1.29, 1.82) is 5.26 Å². The third kappa shape index (κ3) is 2.96. The van der Waals surface area contributed by atoms with E-state index in [-0.39, 0.29) is 5.88 Å². The Morgan fingerprint density at radius 1 is 1.03 bits per heavy atom. The zero-order valence-corrected chi connectivity index (χ0v) is 18.1. The Balaban J connectivity index is 1.73. The van der Waals surface area contributed by atoms with E-state index in [0.717, 1.165) is 38.7 Å². The SMILES string of the molecule is N#CC1=C(N)Oc2c(ccc3cccnc23)C1c1c(-c2ccccc2)[nH]c2ccc(Cl)cc12. The molecule has 0 saturated heterocycles. The number of hydrogen-bond acceptors (Lipinski definition) is 4. The fraction of sp³-hybridized carbons (Fsp3) is 0.0370. The second-order valence-corrected chi connectivity index (χ2v) is 8.39. The van der Waals surface area contributed by atoms with Gasteiger partial charge in [0.25, 0.3) is 0 Å². The third-order valence-corrected chi connectivity index (χ3v) is 6.34. The normalized spacial score (nSPS) is 15.3. The summed E-state index contributed by atoms with van der Waals surface area (Å²) < 4.78 is 5.99. The average Bonchev–Trinajstić information content (AvgIpc) is 3.22. The second kappa shape index (κ2) is 7.40. The summed E-state index contributed by atoms with van der Waals surface area (Å²) in [4.78, 5) is 8.08. The Labute approximate surface area is 194 Å². The van der Waals surface area contributed by atoms with Crippen molar-refractivity contribution in [3.8, 4) is 23.1 Å². The van der Waals surface area contributed by atoms with Crippen LogP contribution < -0.4 is 10.5 Å². The molecule has 1 unspecified atom stereocenters. The van der Waals surface area contributed by atoms with E-state index < -0.39 is 5.92 Å². The fourth-order valence-corrected chi connectivity index (χ4v) is 4.84. The van der Waals surface area contributed by atoms with Crippen molar-refractivity contribution in [1.82, 2.24) is 9.97 Å². The van der Waals surface area contributed by atoms with Gasteiger partial charge in [0.15, 0.2) is 5.75 Å². The maximum atomic E-state index is 10.1. The largest absolute Gasteiger partial charge is 0.438 e. The number of hydrogen-bond donors (Lipinski definition) is 2. The first kappa shape index (κ1) is 19.4. The molecule has 2 aromatic heterocycles. The average molecular weight is 449 g/mol. The molecule has 6 heteroatoms. The summed E-state index contributed by atoms with van der Waals surface area (Å²) in [5.74, 6) is 0.209. The number of fused-ring (bicyclic) bond motifs is 4. The lowest BCUT2D eigenvalue weighted by molar-refractivity contribution is 0.398. The second-order valence-electron chi connectivity index (χ2n) is 7.95. The van der Waals surface area contributed by atoms with Crippen molar-refractivity contribution in [3.63, 3.8) is 0 Å². The van der Waals surface area contributed by atoms with Crippen LogP contribution in [-0.4, -0.2) is 9.97 Å². The standard InChI is InChI=1S/C27H17ClN4O/c28-17-9-11-21-19(13-17)23(24(32-21)15-5-2-1-3-6-15)22-18-10-8-16-7-4-12-31-25(16)26(18)33-27(30)20(22)14-29/h1-13,22,32H,30H2. The monoisotopic (exact) mass is 448 g/mol. The zero-order chi connectivity index (χ0) is 22.5. The molecule has 6 rings (SSSR count). The first-order chi connectivity index (χ1) is 16.2. The van der Waals surface area contributed by atoms with Crippen LogP contribution >= 0.6 is 11.6 Å². The Hall–Kier alpha value is -4.27. The van der Waals surface area contributed by atoms with Crippen LogP contribution in [0.5, 0.6) is 5.75 Å². The molecule has 1 atom stereocenters. The molecule has 3 aromatic carbocycles. The van der Waals surface area contributed by atoms with E-state index in [1.165, 1.54) is 0 Å². The molecule has 0 saturated carbocycles. The number of aromatic nitrogens is 2. The Kier molecular flexibility index (Phi) is 4.36. The molecule has 0 spiro atoms. The van der Waals surface area contributed by atoms with Gasteiger partial charge in [-0.2, -0.15) is 5.26 Å². The van der Waals surface area contributed by atoms with Gasteiger partial charge in [-0.1, -0.05) is 60.1 Å². The van der Waals surface area contributed by atoms with Crippen LogP contribution in [0.3, 0.4) is 0 Å². The van der Waals surface area contributed by atoms with Gasteiger partial charge in [-0.3, -0.25) is 4.98 Å². The molecule has 5 aromatic rings. The molecule has 0 amide bonds. The van der Waals surface area contributed by atoms with E-state index >= 15 is 0 Å². The summed E-state index contributed by atoms with van der Waals surface area (Å²) in [6.07, 6.45) is 1.72. The van der Waals surface area contributed by atoms with Crippen molar-refractivity contribution in [2.45, 2.75) is 5.92 Å². The molecule has 1 aliphatic rings. The predicted molar refractivity (Wildman–Crippen MR) is 130 cm³/mol. The minimum absolute atomic E-state index is 0.0866. The number of halogens is 1. The van der Waals surface area contributed by atoms with Crippen molar-refractivity contribution in [2.75, 3.05) is 0 Å². The number of nitrogens with one attached hydrogen (secondary N) is 1. The van der Waals surface area contributed by atoms with E-state index in [2.05, 4.69) is 16.0 Å². The van der Waals surface area contributed by atoms with Gasteiger partial charge in [-0.05, 0) is 35.4 Å². The number of aromatic amines is 1. The van der Waals surface area contributed by atoms with Gasteiger partial charge in [0, 0.05) is 33.1 Å². The predicted octanol–water partition coefficient (Wildman–Crippen LogP) is 6.25. The van der Waals surface area contributed by atoms with Crippen molar-refractivity contribution < 1.29 is 4.74 Å². The molecule has 0 fully saturated rings. The van der Waals surface area contributed by atoms with Crippen LogP contribution in [0.15, 0.2) is 90.4 Å². The molecule has 3 N–H and O–H groups in total. The number of H-pyrrole nitrogens is 1. The number of nitrogens with two attached hydrogens (primary N) is 1. The van der Waals surface area contributed by atoms with Gasteiger partial charge in [0.2, 0.25) is 5.88 Å². The highest BCUT2D eigenvalue weighted by Crippen LogP contribution is 2.49. The summed E-state index contributed by atoms with van der Waals surface area (Å²) in [6.45, 7) is 0. The van der Waals surface area contributed by atoms with Gasteiger partial charge in [-0.25, -0.2) is 0 Å². The maximum Gasteiger partial charge on any atom is 0.205 e. The summed E-state index contributed by atoms with van der Waals surface area (Å²) in [6, 6.07) is 25.9. The number of nitriles is 1. The third-order valence-electron chi connectivity index (χ3n) is 6.11. The van der Waals surface area contributed by atoms with E-state index in [1.807, 2.05) is 72.8 Å². The quantitative estimate of drug-likeness (QED) is 0.334. The van der Waals surface area contributed by atoms with E-state index in [9.17, 15) is 5.26 Å². The molecule has 0 aliphatic carbocycles. The molecule has 33 heavy (non-hydrogen) atoms. The number of pyridine rings is 1. The lowest BCUT2D eigenvalue weighted by Gasteiger charge is -2.27. The molecule has 0 radical (unpaired) electrons. The van der Waals surface area contributed by atoms with Crippen LogP contribution in [-0.2, 0) is 0 Å². The smallest absolute Gasteiger partial charge is 0.205 e. The topological polar surface area (TPSA) is 87.7 Å². The van der Waals surface area contributed by atoms with Crippen LogP contribution in [0.25, 0.3) is 33.1 Å². The minimum atomic E-state index is -0.451. The maximum absolute atomic E-state index is 10.1. The Morgan fingerprint density at radius 3 is 2.70 bits per heavy atom. The summed E-state index contributed by atoms with van der Waals surface area (Å²) in [5.41, 5.74) is 12.0. The van der Waals surface area contributed by atoms with E-state index in [4.69, 9.17) is 22.1 Å². The van der Waals surface area contributed by atoms with Crippen LogP contribution in [0, 0.1) is 11.3 Å². The van der Waals surface area contributed by atoms with Gasteiger partial charge in [0.1, 0.15) is 17.2 Å². The van der Waals surface area contributed by atoms with Crippen LogP contribution in [0.4, 0.5) is 0 Å². The number of allylic oxidation sites excluding steroid dienone is 1. The number of ether oxygens (including phenoxy) is 1. The van der Waals surface area contributed by atoms with Crippen LogP contribution in [0.2, 0.25) is 5.02 Å². The summed E-state index contributed by atoms with van der Waals surface area (Å²) in [7, 11) is 0. The molecule has 0 bridgehead atoms. The summed E-state index contributed by atoms with van der Waals surface area (Å²) >= 11 is 6.41. The molecule has 3 heterocycles. The highest BCUT2D eigenvalue weighted by molar-refractivity contribution is 6.31. The number of nitrogens with zero attached hydrogens (tertiary/aromatic N) is 2. The molecule has 158 valence electrons. The zero-order valence-electron chi connectivity index (χ0n) is 17.3. The summed E-state index contributed by atoms with van der Waals surface area (Å²) in [5, 5.41) is 12.6. The van der Waals surface area contributed by atoms with E-state index in [1.54, 1.807) is 6.20 Å². The molecule has 5 nitrogen and oxygen atoms in total. The molecular weight excluding hydrogens is 432 g/mol. The van der Waals surface area contributed by atoms with Crippen molar-refractivity contribution in [3.05, 3.63) is 107 Å². The Morgan fingerprint density at radius 2 is 1.88 bits per heavy atom. The Bertz CT molecular complexity index is 1630. The van der Waals surface area contributed by atoms with Gasteiger partial charge < -0.3 is 15.5 Å². The van der Waals surface area contributed by atoms with Crippen molar-refractivity contribution >= 4 is 33.4 Å². The molecular formula is C27H17ClN4O. The van der Waals surface area contributed by atoms with Gasteiger partial charge in [-0.15, -0.1) is 0 Å². The minimum Gasteiger partial charge on any atom is -0.438 e. The lowest BCUT2D eigenvalue weighted by Crippen LogP contribution is -2.21. The van der Waals surface area contributed by atoms with E-state index in [0.29, 0.717) is 21.9 Å². The highest BCUT2D eigenvalue weighted by Gasteiger charge is 2.35. The van der Waals surface area contributed by atoms with Crippen LogP contribution in [0.1, 0.15) is 17.0 Å². The number of rotatable bonds is 2.